The zero-order valence-electron chi connectivity index (χ0n) is 18.4. The van der Waals surface area contributed by atoms with Crippen molar-refractivity contribution in [1.82, 2.24) is 14.9 Å². The molecule has 3 rings (SSSR count). The minimum atomic E-state index is -0.449. The fourth-order valence-corrected chi connectivity index (χ4v) is 3.24. The number of carbonyl (C=O) groups is 1. The number of hydrogen-bond acceptors (Lipinski definition) is 4. The second kappa shape index (κ2) is 9.20. The quantitative estimate of drug-likeness (QED) is 0.546. The van der Waals surface area contributed by atoms with Gasteiger partial charge in [-0.1, -0.05) is 39.0 Å². The largest absolute Gasteiger partial charge is 0.497 e. The lowest BCUT2D eigenvalue weighted by molar-refractivity contribution is -0.129. The lowest BCUT2D eigenvalue weighted by atomic mass is 9.95. The zero-order chi connectivity index (χ0) is 21.7. The van der Waals surface area contributed by atoms with Crippen molar-refractivity contribution < 1.29 is 14.3 Å². The van der Waals surface area contributed by atoms with Crippen molar-refractivity contribution >= 4 is 16.9 Å². The summed E-state index contributed by atoms with van der Waals surface area (Å²) in [6.45, 7) is 9.03. The molecule has 30 heavy (non-hydrogen) atoms. The topological polar surface area (TPSA) is 65.4 Å². The smallest absolute Gasteiger partial charge is 0.225 e. The zero-order valence-corrected chi connectivity index (χ0v) is 18.4. The summed E-state index contributed by atoms with van der Waals surface area (Å²) in [5, 5.41) is 3.10. The lowest BCUT2D eigenvalue weighted by Crippen LogP contribution is -2.37. The highest BCUT2D eigenvalue weighted by Gasteiger charge is 2.25. The van der Waals surface area contributed by atoms with E-state index in [0.29, 0.717) is 6.61 Å². The Morgan fingerprint density at radius 2 is 1.87 bits per heavy atom. The Bertz CT molecular complexity index is 1000. The standard InChI is InChI=1S/C24H31N3O3/c1-17(25-23(28)24(2,3)4)22-26-20-12-6-7-13-21(20)27(22)14-9-15-30-19-11-8-10-18(16-19)29-5/h6-8,10-13,16-17H,9,14-15H2,1-5H3,(H,25,28). The summed E-state index contributed by atoms with van der Waals surface area (Å²) in [5.41, 5.74) is 1.54. The molecule has 0 saturated carbocycles. The molecule has 0 bridgehead atoms. The van der Waals surface area contributed by atoms with E-state index in [1.807, 2.05) is 70.2 Å². The molecule has 6 heteroatoms. The molecule has 1 heterocycles. The molecule has 0 saturated heterocycles. The molecule has 2 aromatic carbocycles. The molecule has 1 unspecified atom stereocenters. The van der Waals surface area contributed by atoms with Crippen LogP contribution >= 0.6 is 0 Å². The van der Waals surface area contributed by atoms with Gasteiger partial charge in [0, 0.05) is 18.0 Å². The summed E-state index contributed by atoms with van der Waals surface area (Å²) in [7, 11) is 1.64. The van der Waals surface area contributed by atoms with Crippen LogP contribution in [0.1, 0.15) is 46.0 Å². The van der Waals surface area contributed by atoms with Crippen molar-refractivity contribution in [2.45, 2.75) is 46.7 Å². The van der Waals surface area contributed by atoms with Crippen LogP contribution in [0.4, 0.5) is 0 Å². The van der Waals surface area contributed by atoms with E-state index < -0.39 is 5.41 Å². The van der Waals surface area contributed by atoms with Gasteiger partial charge in [-0.15, -0.1) is 0 Å². The van der Waals surface area contributed by atoms with Gasteiger partial charge in [-0.05, 0) is 37.6 Å². The van der Waals surface area contributed by atoms with E-state index in [1.54, 1.807) is 7.11 Å². The third kappa shape index (κ3) is 5.12. The van der Waals surface area contributed by atoms with Crippen LogP contribution in [0.25, 0.3) is 11.0 Å². The lowest BCUT2D eigenvalue weighted by Gasteiger charge is -2.22. The maximum absolute atomic E-state index is 12.5. The second-order valence-electron chi connectivity index (χ2n) is 8.44. The molecule has 1 aromatic heterocycles. The Labute approximate surface area is 178 Å². The summed E-state index contributed by atoms with van der Waals surface area (Å²) in [6, 6.07) is 15.5. The summed E-state index contributed by atoms with van der Waals surface area (Å²) in [5.74, 6) is 2.43. The van der Waals surface area contributed by atoms with E-state index in [1.165, 1.54) is 0 Å². The summed E-state index contributed by atoms with van der Waals surface area (Å²) in [6.07, 6.45) is 0.810. The number of methoxy groups -OCH3 is 1. The first-order valence-corrected chi connectivity index (χ1v) is 10.3. The molecule has 0 aliphatic rings. The predicted octanol–water partition coefficient (Wildman–Crippen LogP) is 4.74. The van der Waals surface area contributed by atoms with Gasteiger partial charge in [-0.25, -0.2) is 4.98 Å². The molecule has 6 nitrogen and oxygen atoms in total. The molecule has 160 valence electrons. The van der Waals surface area contributed by atoms with Crippen molar-refractivity contribution in [2.75, 3.05) is 13.7 Å². The number of nitrogens with zero attached hydrogens (tertiary/aromatic N) is 2. The van der Waals surface area contributed by atoms with Gasteiger partial charge in [0.25, 0.3) is 0 Å². The Hall–Kier alpha value is -3.02. The maximum atomic E-state index is 12.5. The molecule has 0 radical (unpaired) electrons. The van der Waals surface area contributed by atoms with E-state index >= 15 is 0 Å². The second-order valence-corrected chi connectivity index (χ2v) is 8.44. The van der Waals surface area contributed by atoms with Gasteiger partial charge in [0.2, 0.25) is 5.91 Å². The Balaban J connectivity index is 1.72. The van der Waals surface area contributed by atoms with Crippen LogP contribution in [0, 0.1) is 5.41 Å². The molecule has 1 atom stereocenters. The predicted molar refractivity (Wildman–Crippen MR) is 119 cm³/mol. The van der Waals surface area contributed by atoms with Gasteiger partial charge in [0.1, 0.15) is 17.3 Å². The van der Waals surface area contributed by atoms with Gasteiger partial charge in [0.05, 0.1) is 30.8 Å². The molecule has 3 aromatic rings. The Morgan fingerprint density at radius 1 is 1.13 bits per heavy atom. The monoisotopic (exact) mass is 409 g/mol. The van der Waals surface area contributed by atoms with Gasteiger partial charge < -0.3 is 19.4 Å². The average molecular weight is 410 g/mol. The number of aryl methyl sites for hydroxylation is 1. The molecular formula is C24H31N3O3. The average Bonchev–Trinajstić information content (AvgIpc) is 3.09. The fraction of sp³-hybridized carbons (Fsp3) is 0.417. The summed E-state index contributed by atoms with van der Waals surface area (Å²) < 4.78 is 13.3. The number of carbonyl (C=O) groups excluding carboxylic acids is 1. The number of amides is 1. The summed E-state index contributed by atoms with van der Waals surface area (Å²) >= 11 is 0. The Kier molecular flexibility index (Phi) is 6.65. The van der Waals surface area contributed by atoms with Crippen LogP contribution in [-0.4, -0.2) is 29.2 Å². The molecule has 0 spiro atoms. The van der Waals surface area contributed by atoms with Crippen molar-refractivity contribution in [3.05, 3.63) is 54.4 Å². The minimum Gasteiger partial charge on any atom is -0.497 e. The number of imidazole rings is 1. The highest BCUT2D eigenvalue weighted by Crippen LogP contribution is 2.23. The molecule has 0 aliphatic heterocycles. The van der Waals surface area contributed by atoms with E-state index in [2.05, 4.69) is 16.0 Å². The van der Waals surface area contributed by atoms with Gasteiger partial charge >= 0.3 is 0 Å². The Morgan fingerprint density at radius 3 is 2.60 bits per heavy atom. The van der Waals surface area contributed by atoms with Crippen LogP contribution in [0.15, 0.2) is 48.5 Å². The first-order valence-electron chi connectivity index (χ1n) is 10.3. The number of rotatable bonds is 8. The highest BCUT2D eigenvalue weighted by molar-refractivity contribution is 5.82. The number of fused-ring (bicyclic) bond motifs is 1. The van der Waals surface area contributed by atoms with E-state index in [0.717, 1.165) is 41.3 Å². The normalized spacial score (nSPS) is 12.6. The van der Waals surface area contributed by atoms with Crippen molar-refractivity contribution in [3.8, 4) is 11.5 Å². The third-order valence-corrected chi connectivity index (χ3v) is 4.94. The van der Waals surface area contributed by atoms with Crippen LogP contribution in [0.5, 0.6) is 11.5 Å². The van der Waals surface area contributed by atoms with Gasteiger partial charge in [-0.2, -0.15) is 0 Å². The van der Waals surface area contributed by atoms with Crippen molar-refractivity contribution in [1.29, 1.82) is 0 Å². The number of nitrogens with one attached hydrogen (secondary N) is 1. The summed E-state index contributed by atoms with van der Waals surface area (Å²) in [4.78, 5) is 17.3. The van der Waals surface area contributed by atoms with E-state index in [4.69, 9.17) is 14.5 Å². The van der Waals surface area contributed by atoms with Gasteiger partial charge in [0.15, 0.2) is 0 Å². The van der Waals surface area contributed by atoms with E-state index in [-0.39, 0.29) is 11.9 Å². The van der Waals surface area contributed by atoms with E-state index in [9.17, 15) is 4.79 Å². The first-order chi connectivity index (χ1) is 14.3. The SMILES string of the molecule is COc1cccc(OCCCn2c(C(C)NC(=O)C(C)(C)C)nc3ccccc32)c1. The fourth-order valence-electron chi connectivity index (χ4n) is 3.24. The molecule has 1 N–H and O–H groups in total. The van der Waals surface area contributed by atoms with Gasteiger partial charge in [-0.3, -0.25) is 4.79 Å². The number of hydrogen-bond donors (Lipinski definition) is 1. The molecule has 0 fully saturated rings. The van der Waals surface area contributed by atoms with Crippen LogP contribution in [0.2, 0.25) is 0 Å². The number of benzene rings is 2. The minimum absolute atomic E-state index is 0.00923. The van der Waals surface area contributed by atoms with Crippen LogP contribution < -0.4 is 14.8 Å². The maximum Gasteiger partial charge on any atom is 0.225 e. The van der Waals surface area contributed by atoms with Crippen molar-refractivity contribution in [3.63, 3.8) is 0 Å². The highest BCUT2D eigenvalue weighted by atomic mass is 16.5. The molecular weight excluding hydrogens is 378 g/mol. The number of aromatic nitrogens is 2. The van der Waals surface area contributed by atoms with Crippen LogP contribution in [0.3, 0.4) is 0 Å². The van der Waals surface area contributed by atoms with Crippen molar-refractivity contribution in [2.24, 2.45) is 5.41 Å². The molecule has 1 amide bonds. The first kappa shape index (κ1) is 21.7. The third-order valence-electron chi connectivity index (χ3n) is 4.94. The molecule has 0 aliphatic carbocycles. The van der Waals surface area contributed by atoms with Crippen LogP contribution in [-0.2, 0) is 11.3 Å². The number of ether oxygens (including phenoxy) is 2. The number of para-hydroxylation sites is 2.